The average molecular weight is 405 g/mol. The summed E-state index contributed by atoms with van der Waals surface area (Å²) < 4.78 is 7.19. The maximum atomic E-state index is 12.8. The Labute approximate surface area is 173 Å². The molecular weight excluding hydrogens is 382 g/mol. The number of amides is 1. The molecule has 1 aromatic carbocycles. The number of benzene rings is 1. The molecule has 0 saturated carbocycles. The number of rotatable bonds is 7. The molecule has 0 aliphatic heterocycles. The largest absolute Gasteiger partial charge is 0.377 e. The first-order chi connectivity index (χ1) is 14.5. The molecule has 0 saturated heterocycles. The standard InChI is InChI=1S/C21H23N7O2/c1-14(2)30-11-10-28-25-20(24-26-28)16-8-7-15(3)18(12-16)23-21(29)17-13-22-27-9-5-4-6-19(17)27/h4-9,12-14H,10-11H2,1-3H3,(H,23,29). The van der Waals surface area contributed by atoms with E-state index in [2.05, 4.69) is 25.8 Å². The van der Waals surface area contributed by atoms with Gasteiger partial charge in [0.15, 0.2) is 0 Å². The fraction of sp³-hybridized carbons (Fsp3) is 0.286. The van der Waals surface area contributed by atoms with Gasteiger partial charge >= 0.3 is 0 Å². The third-order valence-electron chi connectivity index (χ3n) is 4.61. The van der Waals surface area contributed by atoms with Gasteiger partial charge in [-0.3, -0.25) is 4.79 Å². The van der Waals surface area contributed by atoms with Crippen molar-refractivity contribution in [1.29, 1.82) is 0 Å². The lowest BCUT2D eigenvalue weighted by Crippen LogP contribution is -2.13. The molecule has 0 spiro atoms. The summed E-state index contributed by atoms with van der Waals surface area (Å²) in [7, 11) is 0. The molecule has 30 heavy (non-hydrogen) atoms. The van der Waals surface area contributed by atoms with Crippen LogP contribution < -0.4 is 5.32 Å². The smallest absolute Gasteiger partial charge is 0.259 e. The molecule has 1 N–H and O–H groups in total. The van der Waals surface area contributed by atoms with E-state index in [9.17, 15) is 4.79 Å². The van der Waals surface area contributed by atoms with Gasteiger partial charge < -0.3 is 10.1 Å². The molecule has 0 aliphatic rings. The predicted molar refractivity (Wildman–Crippen MR) is 112 cm³/mol. The van der Waals surface area contributed by atoms with Crippen molar-refractivity contribution in [3.63, 3.8) is 0 Å². The molecule has 0 radical (unpaired) electrons. The number of nitrogens with zero attached hydrogens (tertiary/aromatic N) is 6. The van der Waals surface area contributed by atoms with Gasteiger partial charge in [0, 0.05) is 17.4 Å². The van der Waals surface area contributed by atoms with Crippen molar-refractivity contribution in [2.45, 2.75) is 33.4 Å². The molecule has 1 amide bonds. The minimum Gasteiger partial charge on any atom is -0.377 e. The Morgan fingerprint density at radius 3 is 2.93 bits per heavy atom. The van der Waals surface area contributed by atoms with E-state index in [0.717, 1.165) is 16.6 Å². The maximum Gasteiger partial charge on any atom is 0.259 e. The monoisotopic (exact) mass is 405 g/mol. The van der Waals surface area contributed by atoms with Crippen LogP contribution in [0.5, 0.6) is 0 Å². The fourth-order valence-corrected chi connectivity index (χ4v) is 3.02. The Balaban J connectivity index is 1.52. The van der Waals surface area contributed by atoms with E-state index in [0.29, 0.717) is 30.2 Å². The highest BCUT2D eigenvalue weighted by atomic mass is 16.5. The van der Waals surface area contributed by atoms with Crippen molar-refractivity contribution in [1.82, 2.24) is 29.8 Å². The third kappa shape index (κ3) is 4.20. The number of aromatic nitrogens is 6. The fourth-order valence-electron chi connectivity index (χ4n) is 3.02. The summed E-state index contributed by atoms with van der Waals surface area (Å²) >= 11 is 0. The van der Waals surface area contributed by atoms with Crippen LogP contribution in [0, 0.1) is 6.92 Å². The van der Waals surface area contributed by atoms with Gasteiger partial charge in [0.2, 0.25) is 5.82 Å². The third-order valence-corrected chi connectivity index (χ3v) is 4.61. The Bertz CT molecular complexity index is 1180. The lowest BCUT2D eigenvalue weighted by molar-refractivity contribution is 0.0685. The molecule has 9 nitrogen and oxygen atoms in total. The van der Waals surface area contributed by atoms with Crippen LogP contribution in [0.3, 0.4) is 0 Å². The number of hydrogen-bond acceptors (Lipinski definition) is 6. The van der Waals surface area contributed by atoms with Crippen molar-refractivity contribution >= 4 is 17.1 Å². The summed E-state index contributed by atoms with van der Waals surface area (Å²) in [6.07, 6.45) is 3.53. The van der Waals surface area contributed by atoms with Crippen LogP contribution in [0.25, 0.3) is 16.9 Å². The van der Waals surface area contributed by atoms with E-state index in [-0.39, 0.29) is 12.0 Å². The van der Waals surface area contributed by atoms with Crippen LogP contribution in [0.2, 0.25) is 0 Å². The van der Waals surface area contributed by atoms with Crippen molar-refractivity contribution in [2.24, 2.45) is 0 Å². The first-order valence-electron chi connectivity index (χ1n) is 9.75. The number of anilines is 1. The lowest BCUT2D eigenvalue weighted by Gasteiger charge is -2.09. The number of pyridine rings is 1. The van der Waals surface area contributed by atoms with Gasteiger partial charge in [-0.1, -0.05) is 18.2 Å². The summed E-state index contributed by atoms with van der Waals surface area (Å²) in [5.74, 6) is 0.268. The Morgan fingerprint density at radius 1 is 1.23 bits per heavy atom. The van der Waals surface area contributed by atoms with Crippen LogP contribution in [-0.4, -0.2) is 48.4 Å². The highest BCUT2D eigenvalue weighted by Gasteiger charge is 2.15. The van der Waals surface area contributed by atoms with E-state index in [1.807, 2.05) is 57.2 Å². The van der Waals surface area contributed by atoms with Crippen molar-refractivity contribution in [2.75, 3.05) is 11.9 Å². The number of nitrogens with one attached hydrogen (secondary N) is 1. The normalized spacial score (nSPS) is 11.3. The van der Waals surface area contributed by atoms with Gasteiger partial charge in [-0.05, 0) is 49.7 Å². The molecule has 154 valence electrons. The molecule has 3 heterocycles. The van der Waals surface area contributed by atoms with Crippen LogP contribution in [0.15, 0.2) is 48.8 Å². The highest BCUT2D eigenvalue weighted by molar-refractivity contribution is 6.09. The Morgan fingerprint density at radius 2 is 2.10 bits per heavy atom. The molecule has 0 aliphatic carbocycles. The first kappa shape index (κ1) is 19.7. The SMILES string of the molecule is Cc1ccc(-c2nnn(CCOC(C)C)n2)cc1NC(=O)c1cnn2ccccc12. The first-order valence-corrected chi connectivity index (χ1v) is 9.75. The maximum absolute atomic E-state index is 12.8. The summed E-state index contributed by atoms with van der Waals surface area (Å²) in [5, 5.41) is 19.8. The number of aryl methyl sites for hydroxylation is 1. The summed E-state index contributed by atoms with van der Waals surface area (Å²) in [6, 6.07) is 11.3. The number of hydrogen-bond donors (Lipinski definition) is 1. The van der Waals surface area contributed by atoms with Crippen molar-refractivity contribution in [3.8, 4) is 11.4 Å². The summed E-state index contributed by atoms with van der Waals surface area (Å²) in [6.45, 7) is 6.94. The number of fused-ring (bicyclic) bond motifs is 1. The van der Waals surface area contributed by atoms with E-state index < -0.39 is 0 Å². The van der Waals surface area contributed by atoms with Gasteiger partial charge in [0.25, 0.3) is 5.91 Å². The molecule has 3 aromatic heterocycles. The van der Waals surface area contributed by atoms with Crippen LogP contribution >= 0.6 is 0 Å². The van der Waals surface area contributed by atoms with Crippen LogP contribution in [0.4, 0.5) is 5.69 Å². The molecule has 0 atom stereocenters. The molecular formula is C21H23N7O2. The van der Waals surface area contributed by atoms with E-state index in [4.69, 9.17) is 4.74 Å². The Kier molecular flexibility index (Phi) is 5.53. The minimum atomic E-state index is -0.223. The molecule has 0 unspecified atom stereocenters. The summed E-state index contributed by atoms with van der Waals surface area (Å²) in [5.41, 5.74) is 3.65. The zero-order valence-corrected chi connectivity index (χ0v) is 17.1. The minimum absolute atomic E-state index is 0.157. The number of ether oxygens (including phenoxy) is 1. The Hall–Kier alpha value is -3.59. The van der Waals surface area contributed by atoms with E-state index >= 15 is 0 Å². The van der Waals surface area contributed by atoms with Gasteiger partial charge in [0.05, 0.1) is 36.5 Å². The molecule has 4 rings (SSSR count). The molecule has 0 fully saturated rings. The second kappa shape index (κ2) is 8.42. The zero-order chi connectivity index (χ0) is 21.1. The predicted octanol–water partition coefficient (Wildman–Crippen LogP) is 2.97. The number of carbonyl (C=O) groups excluding carboxylic acids is 1. The molecule has 0 bridgehead atoms. The topological polar surface area (TPSA) is 99.2 Å². The van der Waals surface area contributed by atoms with Gasteiger partial charge in [-0.25, -0.2) is 4.52 Å². The van der Waals surface area contributed by atoms with E-state index in [1.165, 1.54) is 4.80 Å². The van der Waals surface area contributed by atoms with Gasteiger partial charge in [0.1, 0.15) is 0 Å². The zero-order valence-electron chi connectivity index (χ0n) is 17.1. The van der Waals surface area contributed by atoms with E-state index in [1.54, 1.807) is 16.9 Å². The second-order valence-corrected chi connectivity index (χ2v) is 7.20. The average Bonchev–Trinajstić information content (AvgIpc) is 3.36. The number of carbonyl (C=O) groups is 1. The van der Waals surface area contributed by atoms with Crippen molar-refractivity contribution < 1.29 is 9.53 Å². The molecule has 9 heteroatoms. The second-order valence-electron chi connectivity index (χ2n) is 7.20. The van der Waals surface area contributed by atoms with Crippen molar-refractivity contribution in [3.05, 3.63) is 59.9 Å². The summed E-state index contributed by atoms with van der Waals surface area (Å²) in [4.78, 5) is 14.3. The number of tetrazole rings is 1. The molecule has 4 aromatic rings. The van der Waals surface area contributed by atoms with Gasteiger partial charge in [-0.2, -0.15) is 9.90 Å². The van der Waals surface area contributed by atoms with Crippen LogP contribution in [0.1, 0.15) is 29.8 Å². The van der Waals surface area contributed by atoms with Crippen LogP contribution in [-0.2, 0) is 11.3 Å². The highest BCUT2D eigenvalue weighted by Crippen LogP contribution is 2.24. The lowest BCUT2D eigenvalue weighted by atomic mass is 10.1. The van der Waals surface area contributed by atoms with Gasteiger partial charge in [-0.15, -0.1) is 10.2 Å². The quantitative estimate of drug-likeness (QED) is 0.507.